The lowest BCUT2D eigenvalue weighted by molar-refractivity contribution is -0.137. The lowest BCUT2D eigenvalue weighted by atomic mass is 9.86. The molecule has 0 radical (unpaired) electrons. The molecule has 0 aromatic carbocycles. The van der Waals surface area contributed by atoms with E-state index in [4.69, 9.17) is 5.11 Å². The van der Waals surface area contributed by atoms with Gasteiger partial charge in [-0.1, -0.05) is 0 Å². The number of amides is 1. The first-order valence-corrected chi connectivity index (χ1v) is 6.70. The minimum atomic E-state index is -2.73. The van der Waals surface area contributed by atoms with Crippen molar-refractivity contribution >= 4 is 11.9 Å². The second-order valence-electron chi connectivity index (χ2n) is 5.34. The van der Waals surface area contributed by atoms with E-state index in [1.54, 1.807) is 6.92 Å². The van der Waals surface area contributed by atoms with Crippen LogP contribution in [0.3, 0.4) is 0 Å². The third-order valence-electron chi connectivity index (χ3n) is 3.43. The van der Waals surface area contributed by atoms with Crippen LogP contribution in [0, 0.1) is 5.92 Å². The molecule has 4 nitrogen and oxygen atoms in total. The first kappa shape index (κ1) is 15.9. The fourth-order valence-electron chi connectivity index (χ4n) is 2.39. The van der Waals surface area contributed by atoms with Gasteiger partial charge in [-0.3, -0.25) is 9.59 Å². The van der Waals surface area contributed by atoms with E-state index in [1.165, 1.54) is 0 Å². The standard InChI is InChI=1S/C13H21F2NO3/c1-9(4-2-6-11(17)18)16-12(19)10-5-3-7-13(14,15)8-10/h9-10H,2-8H2,1H3,(H,16,19)(H,17,18). The molecular formula is C13H21F2NO3. The molecule has 1 rings (SSSR count). The topological polar surface area (TPSA) is 66.4 Å². The molecule has 0 spiro atoms. The molecule has 2 atom stereocenters. The van der Waals surface area contributed by atoms with Gasteiger partial charge in [0.2, 0.25) is 11.8 Å². The van der Waals surface area contributed by atoms with Gasteiger partial charge in [0.15, 0.2) is 0 Å². The van der Waals surface area contributed by atoms with E-state index < -0.39 is 17.8 Å². The zero-order valence-electron chi connectivity index (χ0n) is 11.1. The molecule has 1 aliphatic rings. The summed E-state index contributed by atoms with van der Waals surface area (Å²) in [5, 5.41) is 11.2. The molecule has 0 aromatic heterocycles. The molecule has 0 saturated heterocycles. The maximum atomic E-state index is 13.2. The summed E-state index contributed by atoms with van der Waals surface area (Å²) in [6.07, 6.45) is 1.44. The number of carboxylic acid groups (broad SMARTS) is 1. The summed E-state index contributed by atoms with van der Waals surface area (Å²) < 4.78 is 26.4. The fourth-order valence-corrected chi connectivity index (χ4v) is 2.39. The zero-order chi connectivity index (χ0) is 14.5. The molecule has 2 N–H and O–H groups in total. The van der Waals surface area contributed by atoms with Gasteiger partial charge in [0, 0.05) is 31.2 Å². The van der Waals surface area contributed by atoms with E-state index in [1.807, 2.05) is 0 Å². The number of carbonyl (C=O) groups excluding carboxylic acids is 1. The van der Waals surface area contributed by atoms with Crippen LogP contribution in [-0.2, 0) is 9.59 Å². The third-order valence-corrected chi connectivity index (χ3v) is 3.43. The molecule has 19 heavy (non-hydrogen) atoms. The smallest absolute Gasteiger partial charge is 0.303 e. The normalized spacial score (nSPS) is 23.6. The number of nitrogens with one attached hydrogen (secondary N) is 1. The Bertz CT molecular complexity index is 334. The van der Waals surface area contributed by atoms with E-state index >= 15 is 0 Å². The Morgan fingerprint density at radius 1 is 1.47 bits per heavy atom. The van der Waals surface area contributed by atoms with Crippen molar-refractivity contribution in [3.8, 4) is 0 Å². The van der Waals surface area contributed by atoms with Gasteiger partial charge >= 0.3 is 5.97 Å². The molecule has 1 saturated carbocycles. The highest BCUT2D eigenvalue weighted by Crippen LogP contribution is 2.36. The van der Waals surface area contributed by atoms with Crippen molar-refractivity contribution in [2.45, 2.75) is 63.8 Å². The van der Waals surface area contributed by atoms with Crippen molar-refractivity contribution in [1.82, 2.24) is 5.32 Å². The molecule has 0 aliphatic heterocycles. The first-order valence-electron chi connectivity index (χ1n) is 6.70. The Morgan fingerprint density at radius 3 is 2.74 bits per heavy atom. The van der Waals surface area contributed by atoms with E-state index in [0.717, 1.165) is 0 Å². The van der Waals surface area contributed by atoms with Crippen LogP contribution in [0.15, 0.2) is 0 Å². The Kier molecular flexibility index (Phi) is 5.69. The summed E-state index contributed by atoms with van der Waals surface area (Å²) >= 11 is 0. The summed E-state index contributed by atoms with van der Waals surface area (Å²) in [7, 11) is 0. The van der Waals surface area contributed by atoms with Crippen LogP contribution < -0.4 is 5.32 Å². The molecule has 0 aromatic rings. The van der Waals surface area contributed by atoms with Crippen LogP contribution in [0.25, 0.3) is 0 Å². The van der Waals surface area contributed by atoms with Crippen molar-refractivity contribution in [2.75, 3.05) is 0 Å². The van der Waals surface area contributed by atoms with Crippen LogP contribution in [0.4, 0.5) is 8.78 Å². The minimum Gasteiger partial charge on any atom is -0.481 e. The summed E-state index contributed by atoms with van der Waals surface area (Å²) in [4.78, 5) is 22.2. The molecule has 6 heteroatoms. The SMILES string of the molecule is CC(CCCC(=O)O)NC(=O)C1CCCC(F)(F)C1. The van der Waals surface area contributed by atoms with Gasteiger partial charge in [0.1, 0.15) is 0 Å². The molecule has 1 aliphatic carbocycles. The van der Waals surface area contributed by atoms with E-state index in [9.17, 15) is 18.4 Å². The monoisotopic (exact) mass is 277 g/mol. The number of aliphatic carboxylic acids is 1. The minimum absolute atomic E-state index is 0.0573. The average molecular weight is 277 g/mol. The number of carboxylic acids is 1. The summed E-state index contributed by atoms with van der Waals surface area (Å²) in [5.74, 6) is -4.55. The highest BCUT2D eigenvalue weighted by Gasteiger charge is 2.39. The summed E-state index contributed by atoms with van der Waals surface area (Å²) in [6, 6.07) is -0.178. The number of hydrogen-bond donors (Lipinski definition) is 2. The van der Waals surface area contributed by atoms with Gasteiger partial charge in [-0.2, -0.15) is 0 Å². The molecule has 1 fully saturated rings. The number of carbonyl (C=O) groups is 2. The molecule has 0 heterocycles. The van der Waals surface area contributed by atoms with E-state index in [0.29, 0.717) is 25.7 Å². The first-order chi connectivity index (χ1) is 8.80. The molecule has 110 valence electrons. The fraction of sp³-hybridized carbons (Fsp3) is 0.846. The van der Waals surface area contributed by atoms with Crippen molar-refractivity contribution in [1.29, 1.82) is 0 Å². The third kappa shape index (κ3) is 5.98. The van der Waals surface area contributed by atoms with Crippen LogP contribution in [0.1, 0.15) is 51.9 Å². The molecular weight excluding hydrogens is 256 g/mol. The number of rotatable bonds is 6. The number of hydrogen-bond acceptors (Lipinski definition) is 2. The quantitative estimate of drug-likeness (QED) is 0.784. The Morgan fingerprint density at radius 2 is 2.16 bits per heavy atom. The summed E-state index contributed by atoms with van der Waals surface area (Å²) in [6.45, 7) is 1.76. The highest BCUT2D eigenvalue weighted by atomic mass is 19.3. The van der Waals surface area contributed by atoms with Gasteiger partial charge in [-0.05, 0) is 32.6 Å². The lowest BCUT2D eigenvalue weighted by Crippen LogP contribution is -2.41. The van der Waals surface area contributed by atoms with Crippen molar-refractivity contribution in [3.63, 3.8) is 0 Å². The predicted molar refractivity (Wildman–Crippen MR) is 66.0 cm³/mol. The lowest BCUT2D eigenvalue weighted by Gasteiger charge is -2.29. The second-order valence-corrected chi connectivity index (χ2v) is 5.34. The Labute approximate surface area is 111 Å². The Hall–Kier alpha value is -1.20. The van der Waals surface area contributed by atoms with E-state index in [-0.39, 0.29) is 31.2 Å². The predicted octanol–water partition coefficient (Wildman–Crippen LogP) is 2.57. The molecule has 1 amide bonds. The van der Waals surface area contributed by atoms with Gasteiger partial charge in [0.25, 0.3) is 0 Å². The number of alkyl halides is 2. The maximum absolute atomic E-state index is 13.2. The molecule has 2 unspecified atom stereocenters. The van der Waals surface area contributed by atoms with Crippen LogP contribution in [-0.4, -0.2) is 28.9 Å². The van der Waals surface area contributed by atoms with Crippen molar-refractivity contribution < 1.29 is 23.5 Å². The van der Waals surface area contributed by atoms with Crippen LogP contribution in [0.2, 0.25) is 0 Å². The highest BCUT2D eigenvalue weighted by molar-refractivity contribution is 5.79. The average Bonchev–Trinajstić information content (AvgIpc) is 2.26. The zero-order valence-corrected chi connectivity index (χ0v) is 11.1. The largest absolute Gasteiger partial charge is 0.481 e. The van der Waals surface area contributed by atoms with Gasteiger partial charge in [-0.25, -0.2) is 8.78 Å². The van der Waals surface area contributed by atoms with E-state index in [2.05, 4.69) is 5.32 Å². The maximum Gasteiger partial charge on any atom is 0.303 e. The van der Waals surface area contributed by atoms with Gasteiger partial charge < -0.3 is 10.4 Å². The van der Waals surface area contributed by atoms with Gasteiger partial charge in [0.05, 0.1) is 0 Å². The van der Waals surface area contributed by atoms with Crippen molar-refractivity contribution in [3.05, 3.63) is 0 Å². The summed E-state index contributed by atoms with van der Waals surface area (Å²) in [5.41, 5.74) is 0. The second kappa shape index (κ2) is 6.82. The molecule has 0 bridgehead atoms. The van der Waals surface area contributed by atoms with Crippen molar-refractivity contribution in [2.24, 2.45) is 5.92 Å². The number of halogens is 2. The van der Waals surface area contributed by atoms with Gasteiger partial charge in [-0.15, -0.1) is 0 Å². The van der Waals surface area contributed by atoms with Crippen LogP contribution in [0.5, 0.6) is 0 Å². The van der Waals surface area contributed by atoms with Crippen LogP contribution >= 0.6 is 0 Å². The Balaban J connectivity index is 2.31.